The summed E-state index contributed by atoms with van der Waals surface area (Å²) in [7, 11) is 0. The molecule has 3 heteroatoms. The van der Waals surface area contributed by atoms with Crippen LogP contribution in [0.25, 0.3) is 11.3 Å². The average molecular weight is 243 g/mol. The second-order valence-corrected chi connectivity index (χ2v) is 4.99. The van der Waals surface area contributed by atoms with E-state index in [1.54, 1.807) is 0 Å². The minimum Gasteiger partial charge on any atom is -0.326 e. The van der Waals surface area contributed by atoms with Gasteiger partial charge >= 0.3 is 0 Å². The van der Waals surface area contributed by atoms with E-state index >= 15 is 0 Å². The minimum absolute atomic E-state index is 0.534. The van der Waals surface area contributed by atoms with Crippen LogP contribution < -0.4 is 5.73 Å². The van der Waals surface area contributed by atoms with Crippen molar-refractivity contribution in [2.24, 2.45) is 11.7 Å². The lowest BCUT2D eigenvalue weighted by Gasteiger charge is -2.11. The Labute approximate surface area is 109 Å². The molecule has 1 aromatic carbocycles. The molecule has 0 radical (unpaired) electrons. The van der Waals surface area contributed by atoms with E-state index in [0.29, 0.717) is 12.5 Å². The van der Waals surface area contributed by atoms with Crippen molar-refractivity contribution < 1.29 is 0 Å². The van der Waals surface area contributed by atoms with Gasteiger partial charge in [-0.25, -0.2) is 0 Å². The summed E-state index contributed by atoms with van der Waals surface area (Å²) in [5.41, 5.74) is 9.28. The van der Waals surface area contributed by atoms with Crippen LogP contribution >= 0.6 is 0 Å². The maximum atomic E-state index is 5.80. The van der Waals surface area contributed by atoms with Crippen LogP contribution in [0.4, 0.5) is 0 Å². The molecule has 0 spiro atoms. The van der Waals surface area contributed by atoms with Crippen molar-refractivity contribution in [3.8, 4) is 11.3 Å². The number of hydrogen-bond donors (Lipinski definition) is 1. The topological polar surface area (TPSA) is 43.8 Å². The van der Waals surface area contributed by atoms with E-state index in [1.807, 2.05) is 12.3 Å². The van der Waals surface area contributed by atoms with Crippen molar-refractivity contribution in [1.29, 1.82) is 0 Å². The summed E-state index contributed by atoms with van der Waals surface area (Å²) < 4.78 is 2.08. The Morgan fingerprint density at radius 3 is 2.56 bits per heavy atom. The average Bonchev–Trinajstić information content (AvgIpc) is 2.80. The first-order chi connectivity index (χ1) is 8.72. The smallest absolute Gasteiger partial charge is 0.0727 e. The molecular weight excluding hydrogens is 222 g/mol. The van der Waals surface area contributed by atoms with Crippen molar-refractivity contribution in [2.75, 3.05) is 0 Å². The Morgan fingerprint density at radius 2 is 1.94 bits per heavy atom. The van der Waals surface area contributed by atoms with Gasteiger partial charge in [-0.3, -0.25) is 4.68 Å². The lowest BCUT2D eigenvalue weighted by atomic mass is 10.1. The summed E-state index contributed by atoms with van der Waals surface area (Å²) in [6.45, 7) is 5.94. The first-order valence-corrected chi connectivity index (χ1v) is 6.52. The van der Waals surface area contributed by atoms with Crippen LogP contribution in [0.1, 0.15) is 25.8 Å². The van der Waals surface area contributed by atoms with Crippen LogP contribution in [-0.4, -0.2) is 9.78 Å². The third-order valence-electron chi connectivity index (χ3n) is 3.10. The van der Waals surface area contributed by atoms with Crippen LogP contribution in [-0.2, 0) is 13.1 Å². The maximum absolute atomic E-state index is 5.80. The summed E-state index contributed by atoms with van der Waals surface area (Å²) in [6.07, 6.45) is 3.02. The second-order valence-electron chi connectivity index (χ2n) is 4.99. The summed E-state index contributed by atoms with van der Waals surface area (Å²) in [4.78, 5) is 0. The van der Waals surface area contributed by atoms with Gasteiger partial charge < -0.3 is 5.73 Å². The minimum atomic E-state index is 0.534. The number of aryl methyl sites for hydroxylation is 1. The van der Waals surface area contributed by atoms with Gasteiger partial charge in [0.15, 0.2) is 0 Å². The molecule has 0 aliphatic rings. The van der Waals surface area contributed by atoms with Crippen molar-refractivity contribution >= 4 is 0 Å². The predicted octanol–water partition coefficient (Wildman–Crippen LogP) is 3.05. The molecule has 3 nitrogen and oxygen atoms in total. The molecule has 0 aliphatic carbocycles. The molecule has 0 atom stereocenters. The summed E-state index contributed by atoms with van der Waals surface area (Å²) >= 11 is 0. The number of benzene rings is 1. The molecule has 0 unspecified atom stereocenters. The Balaban J connectivity index is 2.34. The van der Waals surface area contributed by atoms with Crippen molar-refractivity contribution in [1.82, 2.24) is 9.78 Å². The maximum Gasteiger partial charge on any atom is 0.0727 e. The summed E-state index contributed by atoms with van der Waals surface area (Å²) in [6, 6.07) is 10.4. The van der Waals surface area contributed by atoms with Gasteiger partial charge in [-0.15, -0.1) is 0 Å². The fourth-order valence-corrected chi connectivity index (χ4v) is 2.05. The number of nitrogens with zero attached hydrogens (tertiary/aromatic N) is 2. The SMILES string of the molecule is CC(C)CCn1ncc(CN)c1-c1ccccc1. The molecule has 0 aliphatic heterocycles. The molecule has 2 aromatic rings. The molecule has 2 N–H and O–H groups in total. The van der Waals surface area contributed by atoms with E-state index in [2.05, 4.69) is 47.9 Å². The molecular formula is C15H21N3. The van der Waals surface area contributed by atoms with Gasteiger partial charge in [0, 0.05) is 24.2 Å². The molecule has 0 saturated carbocycles. The summed E-state index contributed by atoms with van der Waals surface area (Å²) in [5.74, 6) is 0.680. The molecule has 96 valence electrons. The van der Waals surface area contributed by atoms with E-state index in [9.17, 15) is 0 Å². The van der Waals surface area contributed by atoms with Crippen molar-refractivity contribution in [3.63, 3.8) is 0 Å². The van der Waals surface area contributed by atoms with Crippen molar-refractivity contribution in [2.45, 2.75) is 33.4 Å². The quantitative estimate of drug-likeness (QED) is 0.877. The van der Waals surface area contributed by atoms with Crippen LogP contribution in [0, 0.1) is 5.92 Å². The van der Waals surface area contributed by atoms with Crippen LogP contribution in [0.15, 0.2) is 36.5 Å². The molecule has 0 amide bonds. The Kier molecular flexibility index (Phi) is 4.15. The van der Waals surface area contributed by atoms with Crippen molar-refractivity contribution in [3.05, 3.63) is 42.1 Å². The predicted molar refractivity (Wildman–Crippen MR) is 75.0 cm³/mol. The first-order valence-electron chi connectivity index (χ1n) is 6.52. The zero-order valence-electron chi connectivity index (χ0n) is 11.1. The highest BCUT2D eigenvalue weighted by Crippen LogP contribution is 2.23. The van der Waals surface area contributed by atoms with Crippen LogP contribution in [0.5, 0.6) is 0 Å². The van der Waals surface area contributed by atoms with Gasteiger partial charge in [-0.1, -0.05) is 44.2 Å². The monoisotopic (exact) mass is 243 g/mol. The van der Waals surface area contributed by atoms with E-state index in [0.717, 1.165) is 18.5 Å². The van der Waals surface area contributed by atoms with E-state index in [-0.39, 0.29) is 0 Å². The Bertz CT molecular complexity index is 486. The zero-order chi connectivity index (χ0) is 13.0. The van der Waals surface area contributed by atoms with Gasteiger partial charge in [-0.05, 0) is 12.3 Å². The van der Waals surface area contributed by atoms with Gasteiger partial charge in [0.25, 0.3) is 0 Å². The third-order valence-corrected chi connectivity index (χ3v) is 3.10. The molecule has 1 aromatic heterocycles. The number of aromatic nitrogens is 2. The van der Waals surface area contributed by atoms with Gasteiger partial charge in [0.2, 0.25) is 0 Å². The largest absolute Gasteiger partial charge is 0.326 e. The fourth-order valence-electron chi connectivity index (χ4n) is 2.05. The van der Waals surface area contributed by atoms with E-state index in [4.69, 9.17) is 5.73 Å². The molecule has 0 bridgehead atoms. The summed E-state index contributed by atoms with van der Waals surface area (Å²) in [5, 5.41) is 4.47. The van der Waals surface area contributed by atoms with E-state index in [1.165, 1.54) is 11.3 Å². The molecule has 1 heterocycles. The molecule has 18 heavy (non-hydrogen) atoms. The van der Waals surface area contributed by atoms with Crippen LogP contribution in [0.3, 0.4) is 0 Å². The first kappa shape index (κ1) is 12.8. The number of nitrogens with two attached hydrogens (primary N) is 1. The normalized spacial score (nSPS) is 11.1. The van der Waals surface area contributed by atoms with Crippen LogP contribution in [0.2, 0.25) is 0 Å². The molecule has 2 rings (SSSR count). The Morgan fingerprint density at radius 1 is 1.22 bits per heavy atom. The lowest BCUT2D eigenvalue weighted by Crippen LogP contribution is -2.06. The fraction of sp³-hybridized carbons (Fsp3) is 0.400. The van der Waals surface area contributed by atoms with E-state index < -0.39 is 0 Å². The Hall–Kier alpha value is -1.61. The van der Waals surface area contributed by atoms with Gasteiger partial charge in [0.05, 0.1) is 11.9 Å². The highest BCUT2D eigenvalue weighted by atomic mass is 15.3. The highest BCUT2D eigenvalue weighted by molar-refractivity contribution is 5.63. The molecule has 0 fully saturated rings. The lowest BCUT2D eigenvalue weighted by molar-refractivity contribution is 0.490. The molecule has 0 saturated heterocycles. The second kappa shape index (κ2) is 5.83. The highest BCUT2D eigenvalue weighted by Gasteiger charge is 2.11. The third kappa shape index (κ3) is 2.79. The number of rotatable bonds is 5. The van der Waals surface area contributed by atoms with Gasteiger partial charge in [-0.2, -0.15) is 5.10 Å². The van der Waals surface area contributed by atoms with Gasteiger partial charge in [0.1, 0.15) is 0 Å². The number of hydrogen-bond acceptors (Lipinski definition) is 2. The zero-order valence-corrected chi connectivity index (χ0v) is 11.1. The standard InChI is InChI=1S/C15H21N3/c1-12(2)8-9-18-15(14(10-16)11-17-18)13-6-4-3-5-7-13/h3-7,11-12H,8-10,16H2,1-2H3.